The molecule has 5 rings (SSSR count). The maximum absolute atomic E-state index is 15.9. The van der Waals surface area contributed by atoms with Crippen molar-refractivity contribution in [2.75, 3.05) is 67.1 Å². The number of halogens is 1. The van der Waals surface area contributed by atoms with Crippen molar-refractivity contribution in [1.82, 2.24) is 24.7 Å². The van der Waals surface area contributed by atoms with E-state index in [1.807, 2.05) is 30.0 Å². The van der Waals surface area contributed by atoms with E-state index in [2.05, 4.69) is 26.8 Å². The molecular weight excluding hydrogens is 593 g/mol. The topological polar surface area (TPSA) is 110 Å². The number of carboxylic acids is 1. The summed E-state index contributed by atoms with van der Waals surface area (Å²) in [5.41, 5.74) is 2.93. The fraction of sp³-hybridized carbons (Fsp3) is 0.500. The monoisotopic (exact) mass is 637 g/mol. The van der Waals surface area contributed by atoms with Gasteiger partial charge in [0.15, 0.2) is 0 Å². The normalized spacial score (nSPS) is 17.6. The summed E-state index contributed by atoms with van der Waals surface area (Å²) in [5.74, 6) is -0.103. The predicted molar refractivity (Wildman–Crippen MR) is 171 cm³/mol. The predicted octanol–water partition coefficient (Wildman–Crippen LogP) is 4.25. The Balaban J connectivity index is 1.25. The van der Waals surface area contributed by atoms with Crippen molar-refractivity contribution in [1.29, 1.82) is 0 Å². The van der Waals surface area contributed by atoms with Gasteiger partial charge in [0.1, 0.15) is 24.2 Å². The highest BCUT2D eigenvalue weighted by atomic mass is 19.1. The fourth-order valence-electron chi connectivity index (χ4n) is 6.11. The molecule has 1 aromatic heterocycles. The lowest BCUT2D eigenvalue weighted by Crippen LogP contribution is -2.44. The number of carbonyl (C=O) groups is 1. The Morgan fingerprint density at radius 3 is 2.37 bits per heavy atom. The van der Waals surface area contributed by atoms with Gasteiger partial charge in [0.25, 0.3) is 0 Å². The third-order valence-electron chi connectivity index (χ3n) is 8.79. The highest BCUT2D eigenvalue weighted by Crippen LogP contribution is 2.34. The van der Waals surface area contributed by atoms with E-state index in [0.717, 1.165) is 62.4 Å². The van der Waals surface area contributed by atoms with Crippen LogP contribution in [0.4, 0.5) is 4.39 Å². The zero-order chi connectivity index (χ0) is 32.6. The molecule has 12 heteroatoms. The number of aromatic nitrogens is 2. The first-order valence-corrected chi connectivity index (χ1v) is 15.8. The van der Waals surface area contributed by atoms with Gasteiger partial charge >= 0.3 is 12.0 Å². The van der Waals surface area contributed by atoms with E-state index >= 15 is 4.39 Å². The average molecular weight is 638 g/mol. The Labute approximate surface area is 269 Å². The van der Waals surface area contributed by atoms with Gasteiger partial charge in [-0.05, 0) is 57.0 Å². The molecule has 248 valence electrons. The number of hydrogen-bond acceptors (Lipinski definition) is 10. The van der Waals surface area contributed by atoms with E-state index < -0.39 is 17.8 Å². The molecule has 0 unspecified atom stereocenters. The van der Waals surface area contributed by atoms with E-state index in [4.69, 9.17) is 18.9 Å². The Kier molecular flexibility index (Phi) is 11.3. The molecule has 11 nitrogen and oxygen atoms in total. The summed E-state index contributed by atoms with van der Waals surface area (Å²) in [7, 11) is 5.08. The van der Waals surface area contributed by atoms with Gasteiger partial charge in [-0.2, -0.15) is 9.97 Å². The number of piperazine rings is 1. The van der Waals surface area contributed by atoms with E-state index in [1.54, 1.807) is 18.2 Å². The summed E-state index contributed by atoms with van der Waals surface area (Å²) in [4.78, 5) is 27.1. The number of aliphatic carboxylic acids is 1. The third-order valence-corrected chi connectivity index (χ3v) is 8.79. The number of ether oxygens (including phenoxy) is 4. The van der Waals surface area contributed by atoms with Crippen molar-refractivity contribution in [3.05, 3.63) is 58.9 Å². The van der Waals surface area contributed by atoms with Crippen LogP contribution in [0.5, 0.6) is 23.5 Å². The van der Waals surface area contributed by atoms with Crippen LogP contribution < -0.4 is 18.9 Å². The minimum Gasteiger partial charge on any atom is -0.493 e. The van der Waals surface area contributed by atoms with Crippen LogP contribution >= 0.6 is 0 Å². The minimum absolute atomic E-state index is 0.0402. The summed E-state index contributed by atoms with van der Waals surface area (Å²) >= 11 is 0. The van der Waals surface area contributed by atoms with Crippen molar-refractivity contribution in [2.45, 2.75) is 45.4 Å². The summed E-state index contributed by atoms with van der Waals surface area (Å²) in [6.45, 7) is 8.63. The van der Waals surface area contributed by atoms with Crippen LogP contribution in [-0.4, -0.2) is 109 Å². The highest BCUT2D eigenvalue weighted by Gasteiger charge is 2.32. The van der Waals surface area contributed by atoms with Crippen LogP contribution in [0.2, 0.25) is 0 Å². The molecule has 2 fully saturated rings. The molecule has 2 aromatic carbocycles. The van der Waals surface area contributed by atoms with Crippen LogP contribution in [0.15, 0.2) is 36.4 Å². The first-order valence-electron chi connectivity index (χ1n) is 15.8. The smallest absolute Gasteiger partial charge is 0.323 e. The van der Waals surface area contributed by atoms with Gasteiger partial charge in [-0.3, -0.25) is 9.69 Å². The Hall–Kier alpha value is -4.00. The van der Waals surface area contributed by atoms with Crippen molar-refractivity contribution in [3.63, 3.8) is 0 Å². The molecule has 2 aliphatic heterocycles. The van der Waals surface area contributed by atoms with Gasteiger partial charge in [0, 0.05) is 50.4 Å². The fourth-order valence-corrected chi connectivity index (χ4v) is 6.11. The van der Waals surface area contributed by atoms with E-state index in [9.17, 15) is 9.90 Å². The molecule has 1 N–H and O–H groups in total. The minimum atomic E-state index is -0.869. The van der Waals surface area contributed by atoms with Crippen LogP contribution in [-0.2, 0) is 17.9 Å². The highest BCUT2D eigenvalue weighted by molar-refractivity contribution is 5.74. The van der Waals surface area contributed by atoms with E-state index in [1.165, 1.54) is 14.2 Å². The average Bonchev–Trinajstić information content (AvgIpc) is 3.53. The quantitative estimate of drug-likeness (QED) is 0.256. The number of methoxy groups -OCH3 is 2. The Bertz CT molecular complexity index is 1470. The zero-order valence-corrected chi connectivity index (χ0v) is 27.1. The molecule has 0 bridgehead atoms. The van der Waals surface area contributed by atoms with Gasteiger partial charge in [0.05, 0.1) is 26.4 Å². The summed E-state index contributed by atoms with van der Waals surface area (Å²) in [6, 6.07) is 10.3. The van der Waals surface area contributed by atoms with Crippen LogP contribution in [0, 0.1) is 12.7 Å². The summed E-state index contributed by atoms with van der Waals surface area (Å²) in [5, 5.41) is 9.58. The zero-order valence-electron chi connectivity index (χ0n) is 27.1. The summed E-state index contributed by atoms with van der Waals surface area (Å²) in [6.07, 6.45) is 2.28. The number of carboxylic acid groups (broad SMARTS) is 1. The number of rotatable bonds is 14. The standard InChI is InChI=1S/C34H44FN5O6/c1-23-25(10-6-13-29(23)45-20-8-14-39-18-16-38(2)17-19-39)26-11-5-9-24(30(26)35)22-46-34-36-31(43-3)27(32(37-34)44-4)21-40-15-7-12-28(40)33(41)42/h5-6,9-11,13,28H,7-8,12,14-22H2,1-4H3,(H,41,42)/t28-/m0/s1. The Morgan fingerprint density at radius 2 is 1.67 bits per heavy atom. The van der Waals surface area contributed by atoms with E-state index in [-0.39, 0.29) is 30.9 Å². The lowest BCUT2D eigenvalue weighted by Gasteiger charge is -2.32. The largest absolute Gasteiger partial charge is 0.493 e. The molecule has 2 aliphatic rings. The molecule has 46 heavy (non-hydrogen) atoms. The number of nitrogens with zero attached hydrogens (tertiary/aromatic N) is 5. The molecular formula is C34H44FN5O6. The van der Waals surface area contributed by atoms with Gasteiger partial charge in [-0.15, -0.1) is 0 Å². The van der Waals surface area contributed by atoms with Gasteiger partial charge in [-0.25, -0.2) is 4.39 Å². The van der Waals surface area contributed by atoms with Crippen molar-refractivity contribution in [3.8, 4) is 34.6 Å². The molecule has 3 aromatic rings. The Morgan fingerprint density at radius 1 is 0.978 bits per heavy atom. The second-order valence-electron chi connectivity index (χ2n) is 11.8. The number of likely N-dealkylation sites (tertiary alicyclic amines) is 1. The summed E-state index contributed by atoms with van der Waals surface area (Å²) < 4.78 is 38.9. The molecule has 0 spiro atoms. The number of hydrogen-bond donors (Lipinski definition) is 1. The number of benzene rings is 2. The van der Waals surface area contributed by atoms with Crippen LogP contribution in [0.1, 0.15) is 36.0 Å². The van der Waals surface area contributed by atoms with Crippen LogP contribution in [0.25, 0.3) is 11.1 Å². The molecule has 3 heterocycles. The molecule has 1 atom stereocenters. The maximum Gasteiger partial charge on any atom is 0.323 e. The molecule has 0 amide bonds. The van der Waals surface area contributed by atoms with Crippen molar-refractivity contribution < 1.29 is 33.2 Å². The molecule has 0 aliphatic carbocycles. The first kappa shape index (κ1) is 33.4. The first-order chi connectivity index (χ1) is 22.3. The van der Waals surface area contributed by atoms with Crippen molar-refractivity contribution >= 4 is 5.97 Å². The van der Waals surface area contributed by atoms with Gasteiger partial charge < -0.3 is 33.9 Å². The van der Waals surface area contributed by atoms with Crippen molar-refractivity contribution in [2.24, 2.45) is 0 Å². The second-order valence-corrected chi connectivity index (χ2v) is 11.8. The lowest BCUT2D eigenvalue weighted by atomic mass is 9.97. The molecule has 2 saturated heterocycles. The second kappa shape index (κ2) is 15.5. The maximum atomic E-state index is 15.9. The van der Waals surface area contributed by atoms with Gasteiger partial charge in [0.2, 0.25) is 11.8 Å². The van der Waals surface area contributed by atoms with Crippen LogP contribution in [0.3, 0.4) is 0 Å². The number of likely N-dealkylation sites (N-methyl/N-ethyl adjacent to an activating group) is 1. The van der Waals surface area contributed by atoms with E-state index in [0.29, 0.717) is 36.3 Å². The van der Waals surface area contributed by atoms with Gasteiger partial charge in [-0.1, -0.05) is 30.3 Å². The molecule has 0 saturated carbocycles. The molecule has 0 radical (unpaired) electrons. The SMILES string of the molecule is COc1nc(OCc2cccc(-c3cccc(OCCCN4CCN(C)CC4)c3C)c2F)nc(OC)c1CN1CCC[C@H]1C(=O)O. The lowest BCUT2D eigenvalue weighted by molar-refractivity contribution is -0.142. The third kappa shape index (κ3) is 7.86.